The Morgan fingerprint density at radius 2 is 1.06 bits per heavy atom. The monoisotopic (exact) mass is 250 g/mol. The second-order valence-electron chi connectivity index (χ2n) is 5.79. The van der Waals surface area contributed by atoms with Gasteiger partial charge in [-0.2, -0.15) is 0 Å². The summed E-state index contributed by atoms with van der Waals surface area (Å²) in [5.41, 5.74) is -2.00. The Balaban J connectivity index is 1.92. The molecule has 0 radical (unpaired) electrons. The molecule has 0 aromatic carbocycles. The summed E-state index contributed by atoms with van der Waals surface area (Å²) in [4.78, 5) is 47.3. The maximum Gasteiger partial charge on any atom is 0.320 e. The molecule has 6 nitrogen and oxygen atoms in total. The minimum absolute atomic E-state index is 0.278. The van der Waals surface area contributed by atoms with Gasteiger partial charge in [0.1, 0.15) is 0 Å². The Morgan fingerprint density at radius 3 is 1.39 bits per heavy atom. The zero-order valence-corrected chi connectivity index (χ0v) is 9.43. The van der Waals surface area contributed by atoms with Crippen LogP contribution in [0.2, 0.25) is 0 Å². The Kier molecular flexibility index (Phi) is 1.51. The van der Waals surface area contributed by atoms with Crippen molar-refractivity contribution in [3.05, 3.63) is 0 Å². The van der Waals surface area contributed by atoms with E-state index < -0.39 is 46.5 Å². The van der Waals surface area contributed by atoms with E-state index in [1.807, 2.05) is 0 Å². The largest absolute Gasteiger partial charge is 0.392 e. The van der Waals surface area contributed by atoms with Crippen LogP contribution in [-0.2, 0) is 28.7 Å². The second-order valence-corrected chi connectivity index (χ2v) is 5.79. The van der Waals surface area contributed by atoms with Gasteiger partial charge in [0.2, 0.25) is 0 Å². The topological polar surface area (TPSA) is 86.7 Å². The number of fused-ring (bicyclic) bond motifs is 2. The maximum atomic E-state index is 12.1. The van der Waals surface area contributed by atoms with Gasteiger partial charge in [-0.25, -0.2) is 0 Å². The van der Waals surface area contributed by atoms with Gasteiger partial charge in [-0.05, 0) is 25.7 Å². The van der Waals surface area contributed by atoms with Crippen molar-refractivity contribution in [1.29, 1.82) is 0 Å². The molecule has 2 saturated carbocycles. The van der Waals surface area contributed by atoms with Crippen LogP contribution in [0.1, 0.15) is 25.7 Å². The average molecular weight is 250 g/mol. The highest BCUT2D eigenvalue weighted by Gasteiger charge is 2.78. The molecule has 0 unspecified atom stereocenters. The summed E-state index contributed by atoms with van der Waals surface area (Å²) in [7, 11) is 0. The quantitative estimate of drug-likeness (QED) is 0.442. The Hall–Kier alpha value is -1.72. The van der Waals surface area contributed by atoms with Gasteiger partial charge in [0, 0.05) is 0 Å². The van der Waals surface area contributed by atoms with E-state index in [2.05, 4.69) is 0 Å². The van der Waals surface area contributed by atoms with Gasteiger partial charge in [0.25, 0.3) is 0 Å². The predicted molar refractivity (Wildman–Crippen MR) is 52.5 cm³/mol. The molecular weight excluding hydrogens is 240 g/mol. The van der Waals surface area contributed by atoms with Gasteiger partial charge in [0.15, 0.2) is 0 Å². The maximum absolute atomic E-state index is 12.1. The SMILES string of the molecule is O=C1OC(=O)C23CC1CC21CC(C3)C(=O)OC1=O. The third kappa shape index (κ3) is 0.824. The molecule has 2 saturated heterocycles. The van der Waals surface area contributed by atoms with Crippen molar-refractivity contribution in [2.24, 2.45) is 22.7 Å². The fourth-order valence-corrected chi connectivity index (χ4v) is 4.38. The van der Waals surface area contributed by atoms with Crippen LogP contribution in [-0.4, -0.2) is 23.9 Å². The first kappa shape index (κ1) is 10.2. The molecule has 4 fully saturated rings. The number of cyclic esters (lactones) is 4. The minimum Gasteiger partial charge on any atom is -0.392 e. The molecule has 2 aliphatic carbocycles. The molecule has 4 rings (SSSR count). The van der Waals surface area contributed by atoms with Crippen molar-refractivity contribution in [3.8, 4) is 0 Å². The lowest BCUT2D eigenvalue weighted by atomic mass is 9.68. The number of esters is 4. The molecule has 4 bridgehead atoms. The van der Waals surface area contributed by atoms with Crippen molar-refractivity contribution in [2.75, 3.05) is 0 Å². The molecule has 0 atom stereocenters. The lowest BCUT2D eigenvalue weighted by molar-refractivity contribution is -0.184. The van der Waals surface area contributed by atoms with Crippen molar-refractivity contribution in [3.63, 3.8) is 0 Å². The number of hydrogen-bond acceptors (Lipinski definition) is 6. The third-order valence-corrected chi connectivity index (χ3v) is 5.13. The van der Waals surface area contributed by atoms with Crippen molar-refractivity contribution >= 4 is 23.9 Å². The smallest absolute Gasteiger partial charge is 0.320 e. The van der Waals surface area contributed by atoms with E-state index >= 15 is 0 Å². The summed E-state index contributed by atoms with van der Waals surface area (Å²) in [6, 6.07) is 0. The van der Waals surface area contributed by atoms with Gasteiger partial charge in [-0.1, -0.05) is 0 Å². The van der Waals surface area contributed by atoms with Crippen LogP contribution in [0, 0.1) is 22.7 Å². The minimum atomic E-state index is -1.00. The first-order valence-electron chi connectivity index (χ1n) is 6.01. The molecule has 4 aliphatic rings. The normalized spacial score (nSPS) is 48.9. The van der Waals surface area contributed by atoms with Gasteiger partial charge in [0.05, 0.1) is 22.7 Å². The van der Waals surface area contributed by atoms with Gasteiger partial charge >= 0.3 is 23.9 Å². The Labute approximate surface area is 102 Å². The van der Waals surface area contributed by atoms with Crippen molar-refractivity contribution in [1.82, 2.24) is 0 Å². The van der Waals surface area contributed by atoms with E-state index in [9.17, 15) is 19.2 Å². The summed E-state index contributed by atoms with van der Waals surface area (Å²) < 4.78 is 9.54. The molecule has 6 heteroatoms. The van der Waals surface area contributed by atoms with Gasteiger partial charge in [-0.3, -0.25) is 19.2 Å². The number of ether oxygens (including phenoxy) is 2. The second kappa shape index (κ2) is 2.65. The molecule has 0 N–H and O–H groups in total. The zero-order valence-electron chi connectivity index (χ0n) is 9.43. The van der Waals surface area contributed by atoms with Gasteiger partial charge in [-0.15, -0.1) is 0 Å². The summed E-state index contributed by atoms with van der Waals surface area (Å²) in [5, 5.41) is 0. The van der Waals surface area contributed by atoms with E-state index in [0.29, 0.717) is 12.8 Å². The van der Waals surface area contributed by atoms with Crippen LogP contribution in [0.4, 0.5) is 0 Å². The first-order chi connectivity index (χ1) is 8.48. The van der Waals surface area contributed by atoms with E-state index in [1.165, 1.54) is 0 Å². The number of carbonyl (C=O) groups excluding carboxylic acids is 4. The lowest BCUT2D eigenvalue weighted by Crippen LogP contribution is -2.48. The lowest BCUT2D eigenvalue weighted by Gasteiger charge is -2.35. The summed E-state index contributed by atoms with van der Waals surface area (Å²) in [6.07, 6.45) is 1.20. The van der Waals surface area contributed by atoms with Crippen LogP contribution in [0.15, 0.2) is 0 Å². The van der Waals surface area contributed by atoms with E-state index in [4.69, 9.17) is 9.47 Å². The van der Waals surface area contributed by atoms with Crippen LogP contribution < -0.4 is 0 Å². The van der Waals surface area contributed by atoms with Crippen molar-refractivity contribution in [2.45, 2.75) is 25.7 Å². The average Bonchev–Trinajstić information content (AvgIpc) is 2.72. The molecule has 18 heavy (non-hydrogen) atoms. The predicted octanol–water partition coefficient (Wildman–Crippen LogP) is -0.0540. The van der Waals surface area contributed by atoms with Crippen LogP contribution in [0.3, 0.4) is 0 Å². The third-order valence-electron chi connectivity index (χ3n) is 5.13. The highest BCUT2D eigenvalue weighted by molar-refractivity contribution is 6.04. The fraction of sp³-hybridized carbons (Fsp3) is 0.667. The molecule has 94 valence electrons. The zero-order chi connectivity index (χ0) is 12.7. The van der Waals surface area contributed by atoms with E-state index in [0.717, 1.165) is 0 Å². The number of rotatable bonds is 0. The van der Waals surface area contributed by atoms with E-state index in [-0.39, 0.29) is 12.8 Å². The molecule has 2 spiro atoms. The summed E-state index contributed by atoms with van der Waals surface area (Å²) in [5.74, 6) is -3.20. The van der Waals surface area contributed by atoms with Gasteiger partial charge < -0.3 is 9.47 Å². The number of hydrogen-bond donors (Lipinski definition) is 0. The molecule has 0 amide bonds. The molecule has 2 heterocycles. The molecular formula is C12H10O6. The standard InChI is InChI=1S/C12H10O6/c13-7-5-1-11(9(15)17-7)4-6-2-12(11,3-5)10(16)18-8(6)14/h5-6H,1-4H2. The Bertz CT molecular complexity index is 489. The van der Waals surface area contributed by atoms with Crippen LogP contribution in [0.25, 0.3) is 0 Å². The highest BCUT2D eigenvalue weighted by atomic mass is 16.6. The van der Waals surface area contributed by atoms with E-state index in [1.54, 1.807) is 0 Å². The number of carbonyl (C=O) groups is 4. The first-order valence-corrected chi connectivity index (χ1v) is 6.01. The summed E-state index contributed by atoms with van der Waals surface area (Å²) >= 11 is 0. The molecule has 0 aromatic rings. The fourth-order valence-electron chi connectivity index (χ4n) is 4.38. The summed E-state index contributed by atoms with van der Waals surface area (Å²) in [6.45, 7) is 0. The van der Waals surface area contributed by atoms with Crippen LogP contribution in [0.5, 0.6) is 0 Å². The van der Waals surface area contributed by atoms with Crippen LogP contribution >= 0.6 is 0 Å². The van der Waals surface area contributed by atoms with Crippen molar-refractivity contribution < 1.29 is 28.7 Å². The highest BCUT2D eigenvalue weighted by Crippen LogP contribution is 2.70. The molecule has 0 aromatic heterocycles. The molecule has 2 aliphatic heterocycles. The Morgan fingerprint density at radius 1 is 0.722 bits per heavy atom.